The summed E-state index contributed by atoms with van der Waals surface area (Å²) in [6.07, 6.45) is 3.14. The van der Waals surface area contributed by atoms with Crippen LogP contribution in [-0.4, -0.2) is 30.2 Å². The summed E-state index contributed by atoms with van der Waals surface area (Å²) >= 11 is 0. The van der Waals surface area contributed by atoms with E-state index in [0.29, 0.717) is 30.2 Å². The number of hydrogen-bond donors (Lipinski definition) is 1. The summed E-state index contributed by atoms with van der Waals surface area (Å²) in [7, 11) is 0. The first-order valence-electron chi connectivity index (χ1n) is 8.74. The number of nitrogens with one attached hydrogen (secondary N) is 1. The van der Waals surface area contributed by atoms with E-state index in [9.17, 15) is 9.59 Å². The number of rotatable bonds is 4. The van der Waals surface area contributed by atoms with Crippen molar-refractivity contribution in [1.82, 2.24) is 4.98 Å². The molecule has 1 aliphatic rings. The van der Waals surface area contributed by atoms with Crippen molar-refractivity contribution in [3.8, 4) is 5.88 Å². The first-order valence-corrected chi connectivity index (χ1v) is 8.74. The van der Waals surface area contributed by atoms with Gasteiger partial charge in [-0.05, 0) is 18.2 Å². The summed E-state index contributed by atoms with van der Waals surface area (Å²) in [6, 6.07) is 12.0. The first kappa shape index (κ1) is 17.2. The Labute approximate surface area is 154 Å². The lowest BCUT2D eigenvalue weighted by atomic mass is 10.1. The van der Waals surface area contributed by atoms with Gasteiger partial charge < -0.3 is 19.2 Å². The minimum absolute atomic E-state index is 0.0770. The molecule has 1 N–H and O–H groups in total. The van der Waals surface area contributed by atoms with Crippen LogP contribution >= 0.6 is 0 Å². The fourth-order valence-corrected chi connectivity index (χ4v) is 2.89. The number of hydrogen-bond acceptors (Lipinski definition) is 6. The lowest BCUT2D eigenvalue weighted by Gasteiger charge is -2.22. The van der Waals surface area contributed by atoms with Crippen LogP contribution in [0.4, 0.5) is 5.69 Å². The lowest BCUT2D eigenvalue weighted by Crippen LogP contribution is -2.26. The van der Waals surface area contributed by atoms with Crippen molar-refractivity contribution in [2.45, 2.75) is 18.9 Å². The molecule has 0 aliphatic carbocycles. The van der Waals surface area contributed by atoms with Gasteiger partial charge in [0.15, 0.2) is 0 Å². The average molecular weight is 366 g/mol. The van der Waals surface area contributed by atoms with Crippen LogP contribution in [-0.2, 0) is 4.74 Å². The third-order valence-electron chi connectivity index (χ3n) is 4.34. The van der Waals surface area contributed by atoms with Crippen LogP contribution in [0.5, 0.6) is 5.88 Å². The first-order chi connectivity index (χ1) is 13.2. The summed E-state index contributed by atoms with van der Waals surface area (Å²) < 4.78 is 16.3. The van der Waals surface area contributed by atoms with Crippen LogP contribution in [0.25, 0.3) is 11.0 Å². The van der Waals surface area contributed by atoms with Gasteiger partial charge in [0.2, 0.25) is 5.88 Å². The summed E-state index contributed by atoms with van der Waals surface area (Å²) in [5.74, 6) is 0.0198. The molecule has 0 spiro atoms. The van der Waals surface area contributed by atoms with Crippen molar-refractivity contribution in [3.63, 3.8) is 0 Å². The van der Waals surface area contributed by atoms with Gasteiger partial charge in [0, 0.05) is 30.5 Å². The Kier molecular flexibility index (Phi) is 4.84. The van der Waals surface area contributed by atoms with Gasteiger partial charge >= 0.3 is 5.63 Å². The normalized spacial score (nSPS) is 14.8. The van der Waals surface area contributed by atoms with E-state index in [1.807, 2.05) is 6.07 Å². The summed E-state index contributed by atoms with van der Waals surface area (Å²) in [6.45, 7) is 1.36. The molecule has 138 valence electrons. The van der Waals surface area contributed by atoms with Crippen LogP contribution in [0.15, 0.2) is 57.9 Å². The molecule has 7 heteroatoms. The molecule has 0 radical (unpaired) electrons. The number of pyridine rings is 1. The van der Waals surface area contributed by atoms with Gasteiger partial charge in [-0.25, -0.2) is 9.78 Å². The Morgan fingerprint density at radius 3 is 2.74 bits per heavy atom. The molecule has 0 unspecified atom stereocenters. The van der Waals surface area contributed by atoms with Gasteiger partial charge in [0.1, 0.15) is 17.4 Å². The number of anilines is 1. The monoisotopic (exact) mass is 366 g/mol. The van der Waals surface area contributed by atoms with Gasteiger partial charge in [-0.1, -0.05) is 18.2 Å². The highest BCUT2D eigenvalue weighted by Crippen LogP contribution is 2.18. The second-order valence-corrected chi connectivity index (χ2v) is 6.25. The topological polar surface area (TPSA) is 90.7 Å². The number of fused-ring (bicyclic) bond motifs is 1. The highest BCUT2D eigenvalue weighted by Gasteiger charge is 2.16. The van der Waals surface area contributed by atoms with Crippen molar-refractivity contribution in [3.05, 3.63) is 64.6 Å². The molecular weight excluding hydrogens is 348 g/mol. The Balaban J connectivity index is 1.46. The van der Waals surface area contributed by atoms with E-state index in [1.165, 1.54) is 6.20 Å². The smallest absolute Gasteiger partial charge is 0.360 e. The van der Waals surface area contributed by atoms with E-state index in [4.69, 9.17) is 13.9 Å². The van der Waals surface area contributed by atoms with Crippen LogP contribution in [0.1, 0.15) is 23.2 Å². The van der Waals surface area contributed by atoms with Gasteiger partial charge in [-0.2, -0.15) is 0 Å². The van der Waals surface area contributed by atoms with Gasteiger partial charge in [-0.15, -0.1) is 0 Å². The molecular formula is C20H18N2O5. The minimum atomic E-state index is -0.602. The van der Waals surface area contributed by atoms with E-state index in [2.05, 4.69) is 10.3 Å². The zero-order valence-electron chi connectivity index (χ0n) is 14.5. The summed E-state index contributed by atoms with van der Waals surface area (Å²) in [5, 5.41) is 3.30. The molecule has 2 aromatic heterocycles. The minimum Gasteiger partial charge on any atom is -0.474 e. The third kappa shape index (κ3) is 3.98. The molecule has 0 bridgehead atoms. The Morgan fingerprint density at radius 1 is 1.15 bits per heavy atom. The number of ether oxygens (including phenoxy) is 2. The molecule has 4 rings (SSSR count). The lowest BCUT2D eigenvalue weighted by molar-refractivity contribution is 0.0237. The highest BCUT2D eigenvalue weighted by molar-refractivity contribution is 6.04. The van der Waals surface area contributed by atoms with Crippen molar-refractivity contribution < 1.29 is 18.7 Å². The molecule has 3 heterocycles. The number of nitrogens with zero attached hydrogens (tertiary/aromatic N) is 1. The van der Waals surface area contributed by atoms with Crippen molar-refractivity contribution >= 4 is 22.6 Å². The number of aromatic nitrogens is 1. The third-order valence-corrected chi connectivity index (χ3v) is 4.34. The molecule has 3 aromatic rings. The molecule has 0 saturated carbocycles. The maximum absolute atomic E-state index is 12.4. The molecule has 1 aromatic carbocycles. The summed E-state index contributed by atoms with van der Waals surface area (Å²) in [4.78, 5) is 28.6. The average Bonchev–Trinajstić information content (AvgIpc) is 2.70. The number of benzene rings is 1. The fraction of sp³-hybridized carbons (Fsp3) is 0.250. The van der Waals surface area contributed by atoms with Crippen LogP contribution in [0.3, 0.4) is 0 Å². The van der Waals surface area contributed by atoms with Crippen molar-refractivity contribution in [2.24, 2.45) is 0 Å². The molecule has 0 atom stereocenters. The van der Waals surface area contributed by atoms with E-state index in [1.54, 1.807) is 36.4 Å². The van der Waals surface area contributed by atoms with E-state index >= 15 is 0 Å². The molecule has 1 saturated heterocycles. The van der Waals surface area contributed by atoms with Crippen molar-refractivity contribution in [1.29, 1.82) is 0 Å². The van der Waals surface area contributed by atoms with E-state index < -0.39 is 11.5 Å². The quantitative estimate of drug-likeness (QED) is 0.714. The zero-order chi connectivity index (χ0) is 18.6. The SMILES string of the molecule is O=C(Nc1cc2ccccc2oc1=O)c1ccc(OC2CCOCC2)nc1. The highest BCUT2D eigenvalue weighted by atomic mass is 16.5. The predicted octanol–water partition coefficient (Wildman–Crippen LogP) is 3.00. The number of carbonyl (C=O) groups is 1. The zero-order valence-corrected chi connectivity index (χ0v) is 14.5. The second-order valence-electron chi connectivity index (χ2n) is 6.25. The Hall–Kier alpha value is -3.19. The van der Waals surface area contributed by atoms with Crippen molar-refractivity contribution in [2.75, 3.05) is 18.5 Å². The number of carbonyl (C=O) groups excluding carboxylic acids is 1. The van der Waals surface area contributed by atoms with Gasteiger partial charge in [0.05, 0.1) is 18.8 Å². The predicted molar refractivity (Wildman–Crippen MR) is 99.1 cm³/mol. The molecule has 1 fully saturated rings. The van der Waals surface area contributed by atoms with E-state index in [0.717, 1.165) is 18.2 Å². The maximum Gasteiger partial charge on any atom is 0.360 e. The molecule has 27 heavy (non-hydrogen) atoms. The second kappa shape index (κ2) is 7.59. The fourth-order valence-electron chi connectivity index (χ4n) is 2.89. The van der Waals surface area contributed by atoms with Crippen LogP contribution in [0.2, 0.25) is 0 Å². The largest absolute Gasteiger partial charge is 0.474 e. The standard InChI is InChI=1S/C20H18N2O5/c23-19(22-16-11-13-3-1-2-4-17(13)27-20(16)24)14-5-6-18(21-12-14)26-15-7-9-25-10-8-15/h1-6,11-12,15H,7-10H2,(H,22,23). The number of amides is 1. The van der Waals surface area contributed by atoms with Crippen LogP contribution in [0, 0.1) is 0 Å². The molecule has 1 amide bonds. The Bertz CT molecular complexity index is 1010. The maximum atomic E-state index is 12.4. The summed E-state index contributed by atoms with van der Waals surface area (Å²) in [5.41, 5.74) is 0.273. The Morgan fingerprint density at radius 2 is 1.96 bits per heavy atom. The van der Waals surface area contributed by atoms with E-state index in [-0.39, 0.29) is 11.8 Å². The van der Waals surface area contributed by atoms with Gasteiger partial charge in [0.25, 0.3) is 5.91 Å². The number of para-hydroxylation sites is 1. The molecule has 1 aliphatic heterocycles. The van der Waals surface area contributed by atoms with Crippen LogP contribution < -0.4 is 15.7 Å². The van der Waals surface area contributed by atoms with Gasteiger partial charge in [-0.3, -0.25) is 4.79 Å². The molecule has 7 nitrogen and oxygen atoms in total.